The normalized spacial score (nSPS) is 10.1. The zero-order valence-electron chi connectivity index (χ0n) is 10.7. The quantitative estimate of drug-likeness (QED) is 0.657. The Bertz CT molecular complexity index is 685. The molecule has 3 N–H and O–H groups in total. The Balaban J connectivity index is 2.54. The summed E-state index contributed by atoms with van der Waals surface area (Å²) in [7, 11) is 0. The largest absolute Gasteiger partial charge is 0.393 e. The van der Waals surface area contributed by atoms with Crippen LogP contribution in [0.1, 0.15) is 6.92 Å². The number of aromatic nitrogens is 1. The van der Waals surface area contributed by atoms with Gasteiger partial charge in [-0.05, 0) is 18.2 Å². The van der Waals surface area contributed by atoms with E-state index in [4.69, 9.17) is 5.73 Å². The minimum absolute atomic E-state index is 0.0462. The number of nitrogens with one attached hydrogen (secondary N) is 1. The maximum absolute atomic E-state index is 11.1. The molecule has 1 amide bonds. The summed E-state index contributed by atoms with van der Waals surface area (Å²) in [6.45, 7) is 1.38. The first kappa shape index (κ1) is 13.5. The molecule has 0 saturated carbocycles. The van der Waals surface area contributed by atoms with E-state index in [1.807, 2.05) is 0 Å². The van der Waals surface area contributed by atoms with E-state index in [0.717, 1.165) is 0 Å². The van der Waals surface area contributed by atoms with Crippen molar-refractivity contribution >= 4 is 23.0 Å². The second-order valence-corrected chi connectivity index (χ2v) is 4.12. The predicted molar refractivity (Wildman–Crippen MR) is 75.0 cm³/mol. The second-order valence-electron chi connectivity index (χ2n) is 4.12. The van der Waals surface area contributed by atoms with Gasteiger partial charge < -0.3 is 11.1 Å². The van der Waals surface area contributed by atoms with Crippen molar-refractivity contribution in [3.05, 3.63) is 46.6 Å². The molecular weight excluding hydrogens is 260 g/mol. The van der Waals surface area contributed by atoms with E-state index in [0.29, 0.717) is 11.3 Å². The molecule has 1 aromatic carbocycles. The first-order valence-corrected chi connectivity index (χ1v) is 5.76. The molecule has 0 unspecified atom stereocenters. The van der Waals surface area contributed by atoms with Crippen LogP contribution in [0.2, 0.25) is 0 Å². The Morgan fingerprint density at radius 2 is 2.15 bits per heavy atom. The van der Waals surface area contributed by atoms with Gasteiger partial charge in [0.05, 0.1) is 4.92 Å². The fourth-order valence-corrected chi connectivity index (χ4v) is 1.82. The molecule has 20 heavy (non-hydrogen) atoms. The van der Waals surface area contributed by atoms with Gasteiger partial charge >= 0.3 is 5.69 Å². The van der Waals surface area contributed by atoms with Crippen molar-refractivity contribution in [2.24, 2.45) is 0 Å². The number of rotatable bonds is 3. The fourth-order valence-electron chi connectivity index (χ4n) is 1.82. The summed E-state index contributed by atoms with van der Waals surface area (Å²) in [5.41, 5.74) is 6.64. The van der Waals surface area contributed by atoms with Crippen molar-refractivity contribution in [3.63, 3.8) is 0 Å². The number of nitro groups is 1. The van der Waals surface area contributed by atoms with Gasteiger partial charge in [-0.3, -0.25) is 14.9 Å². The van der Waals surface area contributed by atoms with Crippen LogP contribution in [0.25, 0.3) is 11.3 Å². The number of nitrogen functional groups attached to an aromatic ring is 1. The standard InChI is InChI=1S/C13H12N4O3/c1-8(18)16-10-4-2-3-9(7-10)12-13(17(19)20)11(14)5-6-15-12/h2-7H,1H3,(H2,14,15)(H,16,18). The topological polar surface area (TPSA) is 111 Å². The molecule has 7 nitrogen and oxygen atoms in total. The SMILES string of the molecule is CC(=O)Nc1cccc(-c2nccc(N)c2[N+](=O)[O-])c1. The van der Waals surface area contributed by atoms with E-state index in [-0.39, 0.29) is 23.0 Å². The van der Waals surface area contributed by atoms with Crippen LogP contribution in [0.15, 0.2) is 36.5 Å². The highest BCUT2D eigenvalue weighted by atomic mass is 16.6. The molecule has 0 atom stereocenters. The number of hydrogen-bond donors (Lipinski definition) is 2. The summed E-state index contributed by atoms with van der Waals surface area (Å²) in [5, 5.41) is 13.7. The molecule has 0 saturated heterocycles. The summed E-state index contributed by atoms with van der Waals surface area (Å²) in [4.78, 5) is 25.6. The van der Waals surface area contributed by atoms with Gasteiger partial charge in [-0.25, -0.2) is 4.98 Å². The van der Waals surface area contributed by atoms with Crippen LogP contribution in [0.3, 0.4) is 0 Å². The minimum atomic E-state index is -0.567. The Kier molecular flexibility index (Phi) is 3.60. The molecular formula is C13H12N4O3. The first-order valence-electron chi connectivity index (χ1n) is 5.76. The number of carbonyl (C=O) groups excluding carboxylic acids is 1. The van der Waals surface area contributed by atoms with Crippen molar-refractivity contribution in [3.8, 4) is 11.3 Å². The number of hydrogen-bond acceptors (Lipinski definition) is 5. The Labute approximate surface area is 114 Å². The van der Waals surface area contributed by atoms with E-state index in [2.05, 4.69) is 10.3 Å². The molecule has 2 rings (SSSR count). The van der Waals surface area contributed by atoms with Crippen molar-refractivity contribution in [2.45, 2.75) is 6.92 Å². The lowest BCUT2D eigenvalue weighted by Gasteiger charge is -2.07. The molecule has 0 bridgehead atoms. The summed E-state index contributed by atoms with van der Waals surface area (Å²) in [6.07, 6.45) is 1.41. The highest BCUT2D eigenvalue weighted by Gasteiger charge is 2.20. The van der Waals surface area contributed by atoms with Crippen molar-refractivity contribution in [1.29, 1.82) is 0 Å². The molecule has 7 heteroatoms. The van der Waals surface area contributed by atoms with Gasteiger partial charge in [-0.2, -0.15) is 0 Å². The van der Waals surface area contributed by atoms with Crippen LogP contribution in [-0.2, 0) is 4.79 Å². The first-order chi connectivity index (χ1) is 9.49. The smallest absolute Gasteiger partial charge is 0.318 e. The average molecular weight is 272 g/mol. The molecule has 0 aliphatic rings. The molecule has 1 aromatic heterocycles. The Morgan fingerprint density at radius 1 is 1.40 bits per heavy atom. The van der Waals surface area contributed by atoms with Crippen LogP contribution in [-0.4, -0.2) is 15.8 Å². The van der Waals surface area contributed by atoms with Crippen molar-refractivity contribution < 1.29 is 9.72 Å². The van der Waals surface area contributed by atoms with E-state index < -0.39 is 4.92 Å². The van der Waals surface area contributed by atoms with Gasteiger partial charge in [0.1, 0.15) is 5.69 Å². The van der Waals surface area contributed by atoms with Crippen molar-refractivity contribution in [1.82, 2.24) is 4.98 Å². The molecule has 1 heterocycles. The van der Waals surface area contributed by atoms with Crippen LogP contribution in [0.4, 0.5) is 17.1 Å². The number of benzene rings is 1. The highest BCUT2D eigenvalue weighted by Crippen LogP contribution is 2.33. The Morgan fingerprint density at radius 3 is 2.80 bits per heavy atom. The van der Waals surface area contributed by atoms with Gasteiger partial charge in [0.25, 0.3) is 0 Å². The lowest BCUT2D eigenvalue weighted by molar-refractivity contribution is -0.383. The van der Waals surface area contributed by atoms with E-state index in [1.54, 1.807) is 24.3 Å². The Hall–Kier alpha value is -2.96. The molecule has 102 valence electrons. The zero-order valence-corrected chi connectivity index (χ0v) is 10.7. The van der Waals surface area contributed by atoms with Gasteiger partial charge in [0.15, 0.2) is 5.69 Å². The average Bonchev–Trinajstić information content (AvgIpc) is 2.37. The summed E-state index contributed by atoms with van der Waals surface area (Å²) >= 11 is 0. The second kappa shape index (κ2) is 5.35. The van der Waals surface area contributed by atoms with Gasteiger partial charge in [-0.15, -0.1) is 0 Å². The number of nitrogens with two attached hydrogens (primary N) is 1. The zero-order chi connectivity index (χ0) is 14.7. The number of amides is 1. The monoisotopic (exact) mass is 272 g/mol. The molecule has 0 fully saturated rings. The molecule has 0 aliphatic heterocycles. The van der Waals surface area contributed by atoms with Gasteiger partial charge in [-0.1, -0.05) is 12.1 Å². The lowest BCUT2D eigenvalue weighted by atomic mass is 10.1. The maximum Gasteiger partial charge on any atom is 0.318 e. The number of carbonyl (C=O) groups is 1. The molecule has 0 aliphatic carbocycles. The van der Waals surface area contributed by atoms with Crippen molar-refractivity contribution in [2.75, 3.05) is 11.1 Å². The van der Waals surface area contributed by atoms with Crippen LogP contribution in [0.5, 0.6) is 0 Å². The number of anilines is 2. The third kappa shape index (κ3) is 2.72. The molecule has 0 radical (unpaired) electrons. The van der Waals surface area contributed by atoms with Gasteiger partial charge in [0.2, 0.25) is 5.91 Å². The number of pyridine rings is 1. The summed E-state index contributed by atoms with van der Waals surface area (Å²) in [6, 6.07) is 8.01. The lowest BCUT2D eigenvalue weighted by Crippen LogP contribution is -2.06. The fraction of sp³-hybridized carbons (Fsp3) is 0.0769. The third-order valence-electron chi connectivity index (χ3n) is 2.59. The van der Waals surface area contributed by atoms with E-state index in [1.165, 1.54) is 19.2 Å². The van der Waals surface area contributed by atoms with Crippen LogP contribution >= 0.6 is 0 Å². The van der Waals surface area contributed by atoms with Crippen LogP contribution < -0.4 is 11.1 Å². The summed E-state index contributed by atoms with van der Waals surface area (Å²) < 4.78 is 0. The highest BCUT2D eigenvalue weighted by molar-refractivity contribution is 5.90. The number of nitrogens with zero attached hydrogens (tertiary/aromatic N) is 2. The molecule has 2 aromatic rings. The van der Waals surface area contributed by atoms with Gasteiger partial charge in [0, 0.05) is 24.4 Å². The minimum Gasteiger partial charge on any atom is -0.393 e. The molecule has 0 spiro atoms. The van der Waals surface area contributed by atoms with E-state index >= 15 is 0 Å². The predicted octanol–water partition coefficient (Wildman–Crippen LogP) is 2.20. The summed E-state index contributed by atoms with van der Waals surface area (Å²) in [5.74, 6) is -0.225. The van der Waals surface area contributed by atoms with Crippen LogP contribution in [0, 0.1) is 10.1 Å². The maximum atomic E-state index is 11.1. The van der Waals surface area contributed by atoms with E-state index in [9.17, 15) is 14.9 Å². The third-order valence-corrected chi connectivity index (χ3v) is 2.59.